The van der Waals surface area contributed by atoms with Crippen molar-refractivity contribution in [1.29, 1.82) is 0 Å². The molecule has 0 aliphatic heterocycles. The molecule has 0 atom stereocenters. The number of aromatic nitrogens is 2. The lowest BCUT2D eigenvalue weighted by atomic mass is 10.2. The highest BCUT2D eigenvalue weighted by Crippen LogP contribution is 2.29. The van der Waals surface area contributed by atoms with E-state index >= 15 is 0 Å². The number of rotatable bonds is 4. The van der Waals surface area contributed by atoms with Gasteiger partial charge in [0.15, 0.2) is 11.5 Å². The van der Waals surface area contributed by atoms with Crippen molar-refractivity contribution in [2.45, 2.75) is 20.8 Å². The normalized spacial score (nSPS) is 10.6. The number of hydrogen-bond donors (Lipinski definition) is 2. The number of carbonyl (C=O) groups excluding carboxylic acids is 1. The maximum atomic E-state index is 12.5. The second-order valence-corrected chi connectivity index (χ2v) is 6.03. The summed E-state index contributed by atoms with van der Waals surface area (Å²) in [4.78, 5) is 16.6. The Hall–Kier alpha value is -2.67. The quantitative estimate of drug-likeness (QED) is 0.755. The predicted molar refractivity (Wildman–Crippen MR) is 90.5 cm³/mol. The Balaban J connectivity index is 1.82. The third-order valence-electron chi connectivity index (χ3n) is 3.33. The third-order valence-corrected chi connectivity index (χ3v) is 4.07. The Morgan fingerprint density at radius 1 is 1.26 bits per heavy atom. The van der Waals surface area contributed by atoms with Gasteiger partial charge in [0.05, 0.1) is 5.51 Å². The van der Waals surface area contributed by atoms with Crippen LogP contribution in [0.2, 0.25) is 0 Å². The van der Waals surface area contributed by atoms with E-state index in [2.05, 4.69) is 20.8 Å². The summed E-state index contributed by atoms with van der Waals surface area (Å²) in [6.45, 7) is 5.63. The molecule has 0 spiro atoms. The van der Waals surface area contributed by atoms with Gasteiger partial charge in [0.1, 0.15) is 16.4 Å². The zero-order chi connectivity index (χ0) is 16.4. The molecule has 1 aromatic carbocycles. The summed E-state index contributed by atoms with van der Waals surface area (Å²) in [5.41, 5.74) is 5.30. The van der Waals surface area contributed by atoms with Gasteiger partial charge in [0.2, 0.25) is 0 Å². The monoisotopic (exact) mass is 328 g/mol. The van der Waals surface area contributed by atoms with E-state index < -0.39 is 0 Å². The highest BCUT2D eigenvalue weighted by atomic mass is 32.1. The minimum absolute atomic E-state index is 0.258. The van der Waals surface area contributed by atoms with Crippen LogP contribution in [0.4, 0.5) is 16.4 Å². The summed E-state index contributed by atoms with van der Waals surface area (Å²) in [5.74, 6) is 0.409. The van der Waals surface area contributed by atoms with E-state index in [4.69, 9.17) is 4.52 Å². The fraction of sp³-hybridized carbons (Fsp3) is 0.188. The first-order valence-corrected chi connectivity index (χ1v) is 7.94. The highest BCUT2D eigenvalue weighted by Gasteiger charge is 2.18. The van der Waals surface area contributed by atoms with Crippen molar-refractivity contribution in [3.05, 3.63) is 52.5 Å². The van der Waals surface area contributed by atoms with E-state index in [1.807, 2.05) is 45.0 Å². The first-order chi connectivity index (χ1) is 11.0. The first kappa shape index (κ1) is 15.2. The van der Waals surface area contributed by atoms with Crippen LogP contribution in [0.3, 0.4) is 0 Å². The lowest BCUT2D eigenvalue weighted by Gasteiger charge is -2.07. The SMILES string of the molecule is Cc1cccc(NC(=O)c2ncsc2Nc2c(C)noc2C)c1. The molecule has 0 bridgehead atoms. The molecule has 0 saturated carbocycles. The van der Waals surface area contributed by atoms with Gasteiger partial charge in [-0.3, -0.25) is 4.79 Å². The summed E-state index contributed by atoms with van der Waals surface area (Å²) < 4.78 is 5.12. The van der Waals surface area contributed by atoms with Gasteiger partial charge >= 0.3 is 0 Å². The number of thiazole rings is 1. The molecule has 2 N–H and O–H groups in total. The maximum absolute atomic E-state index is 12.5. The molecule has 2 heterocycles. The highest BCUT2D eigenvalue weighted by molar-refractivity contribution is 7.14. The lowest BCUT2D eigenvalue weighted by molar-refractivity contribution is 0.102. The number of amides is 1. The minimum Gasteiger partial charge on any atom is -0.359 e. The molecular weight excluding hydrogens is 312 g/mol. The van der Waals surface area contributed by atoms with Crippen molar-refractivity contribution in [1.82, 2.24) is 10.1 Å². The van der Waals surface area contributed by atoms with Crippen LogP contribution < -0.4 is 10.6 Å². The second-order valence-electron chi connectivity index (χ2n) is 5.18. The van der Waals surface area contributed by atoms with Crippen molar-refractivity contribution in [2.75, 3.05) is 10.6 Å². The molecule has 6 nitrogen and oxygen atoms in total. The van der Waals surface area contributed by atoms with Gasteiger partial charge in [0, 0.05) is 5.69 Å². The van der Waals surface area contributed by atoms with Crippen LogP contribution in [0.15, 0.2) is 34.3 Å². The Bertz CT molecular complexity index is 834. The Kier molecular flexibility index (Phi) is 4.12. The molecule has 3 rings (SSSR count). The smallest absolute Gasteiger partial charge is 0.277 e. The molecular formula is C16H16N4O2S. The van der Waals surface area contributed by atoms with Crippen LogP contribution >= 0.6 is 11.3 Å². The molecule has 0 aliphatic carbocycles. The average Bonchev–Trinajstić information content (AvgIpc) is 3.09. The van der Waals surface area contributed by atoms with Gasteiger partial charge in [0.25, 0.3) is 5.91 Å². The molecule has 7 heteroatoms. The zero-order valence-corrected chi connectivity index (χ0v) is 13.8. The number of nitrogens with one attached hydrogen (secondary N) is 2. The first-order valence-electron chi connectivity index (χ1n) is 7.06. The number of nitrogens with zero attached hydrogens (tertiary/aromatic N) is 2. The number of hydrogen-bond acceptors (Lipinski definition) is 6. The van der Waals surface area contributed by atoms with Crippen LogP contribution in [0.1, 0.15) is 27.5 Å². The minimum atomic E-state index is -0.258. The molecule has 1 amide bonds. The van der Waals surface area contributed by atoms with Crippen molar-refractivity contribution >= 4 is 33.6 Å². The van der Waals surface area contributed by atoms with Crippen molar-refractivity contribution in [3.8, 4) is 0 Å². The number of aryl methyl sites for hydroxylation is 3. The van der Waals surface area contributed by atoms with E-state index in [0.29, 0.717) is 16.5 Å². The van der Waals surface area contributed by atoms with Gasteiger partial charge in [-0.05, 0) is 38.5 Å². The van der Waals surface area contributed by atoms with Gasteiger partial charge in [-0.25, -0.2) is 4.98 Å². The molecule has 2 aromatic heterocycles. The second kappa shape index (κ2) is 6.21. The van der Waals surface area contributed by atoms with Crippen LogP contribution in [-0.2, 0) is 0 Å². The number of anilines is 3. The van der Waals surface area contributed by atoms with Gasteiger partial charge in [-0.15, -0.1) is 11.3 Å². The largest absolute Gasteiger partial charge is 0.359 e. The van der Waals surface area contributed by atoms with E-state index in [1.165, 1.54) is 11.3 Å². The Morgan fingerprint density at radius 2 is 2.09 bits per heavy atom. The van der Waals surface area contributed by atoms with Gasteiger partial charge in [-0.2, -0.15) is 0 Å². The standard InChI is InChI=1S/C16H16N4O2S/c1-9-5-4-6-12(7-9)18-15(21)14-16(23-8-17-14)19-13-10(2)20-22-11(13)3/h4-8,19H,1-3H3,(H,18,21). The molecule has 0 aliphatic rings. The topological polar surface area (TPSA) is 80.0 Å². The summed E-state index contributed by atoms with van der Waals surface area (Å²) >= 11 is 1.35. The number of benzene rings is 1. The van der Waals surface area contributed by atoms with Gasteiger partial charge < -0.3 is 15.2 Å². The Labute approximate surface area is 137 Å². The molecule has 23 heavy (non-hydrogen) atoms. The molecule has 0 fully saturated rings. The molecule has 3 aromatic rings. The van der Waals surface area contributed by atoms with E-state index in [1.54, 1.807) is 5.51 Å². The van der Waals surface area contributed by atoms with Crippen LogP contribution in [0.25, 0.3) is 0 Å². The van der Waals surface area contributed by atoms with Gasteiger partial charge in [-0.1, -0.05) is 17.3 Å². The summed E-state index contributed by atoms with van der Waals surface area (Å²) in [5, 5.41) is 10.6. The summed E-state index contributed by atoms with van der Waals surface area (Å²) in [7, 11) is 0. The number of carbonyl (C=O) groups is 1. The van der Waals surface area contributed by atoms with Crippen LogP contribution in [0, 0.1) is 20.8 Å². The van der Waals surface area contributed by atoms with Crippen LogP contribution in [-0.4, -0.2) is 16.0 Å². The van der Waals surface area contributed by atoms with E-state index in [-0.39, 0.29) is 5.91 Å². The van der Waals surface area contributed by atoms with Crippen LogP contribution in [0.5, 0.6) is 0 Å². The molecule has 0 radical (unpaired) electrons. The predicted octanol–water partition coefficient (Wildman–Crippen LogP) is 4.05. The summed E-state index contributed by atoms with van der Waals surface area (Å²) in [6, 6.07) is 7.63. The average molecular weight is 328 g/mol. The summed E-state index contributed by atoms with van der Waals surface area (Å²) in [6.07, 6.45) is 0. The lowest BCUT2D eigenvalue weighted by Crippen LogP contribution is -2.14. The van der Waals surface area contributed by atoms with Crippen molar-refractivity contribution in [2.24, 2.45) is 0 Å². The Morgan fingerprint density at radius 3 is 2.78 bits per heavy atom. The fourth-order valence-electron chi connectivity index (χ4n) is 2.18. The van der Waals surface area contributed by atoms with E-state index in [0.717, 1.165) is 22.6 Å². The third kappa shape index (κ3) is 3.24. The van der Waals surface area contributed by atoms with Crippen molar-refractivity contribution in [3.63, 3.8) is 0 Å². The molecule has 0 saturated heterocycles. The van der Waals surface area contributed by atoms with E-state index in [9.17, 15) is 4.79 Å². The fourth-order valence-corrected chi connectivity index (χ4v) is 2.87. The maximum Gasteiger partial charge on any atom is 0.277 e. The molecule has 0 unspecified atom stereocenters. The zero-order valence-electron chi connectivity index (χ0n) is 13.0. The van der Waals surface area contributed by atoms with Crippen molar-refractivity contribution < 1.29 is 9.32 Å². The molecule has 118 valence electrons.